The van der Waals surface area contributed by atoms with Gasteiger partial charge >= 0.3 is 0 Å². The van der Waals surface area contributed by atoms with Crippen molar-refractivity contribution in [3.05, 3.63) is 0 Å². The van der Waals surface area contributed by atoms with Crippen LogP contribution in [-0.4, -0.2) is 32.2 Å². The van der Waals surface area contributed by atoms with Gasteiger partial charge in [-0.05, 0) is 26.4 Å². The molecule has 56 valence electrons. The molecule has 0 aromatic heterocycles. The Morgan fingerprint density at radius 2 is 2.00 bits per heavy atom. The van der Waals surface area contributed by atoms with E-state index in [1.807, 2.05) is 25.9 Å². The van der Waals surface area contributed by atoms with Crippen LogP contribution in [0.3, 0.4) is 0 Å². The highest BCUT2D eigenvalue weighted by molar-refractivity contribution is 4.57. The smallest absolute Gasteiger partial charge is 0.0934 e. The zero-order valence-corrected chi connectivity index (χ0v) is 6.52. The van der Waals surface area contributed by atoms with E-state index in [2.05, 4.69) is 0 Å². The largest absolute Gasteiger partial charge is 0.309 e. The second-order valence-electron chi connectivity index (χ2n) is 2.69. The third-order valence-corrected chi connectivity index (χ3v) is 1.42. The lowest BCUT2D eigenvalue weighted by Gasteiger charge is -2.15. The molecule has 0 rings (SSSR count). The molecule has 0 radical (unpaired) electrons. The van der Waals surface area contributed by atoms with E-state index in [1.54, 1.807) is 0 Å². The van der Waals surface area contributed by atoms with Crippen molar-refractivity contribution < 1.29 is 4.39 Å². The van der Waals surface area contributed by atoms with E-state index in [-0.39, 0.29) is 12.6 Å². The Bertz CT molecular complexity index is 59.9. The Kier molecular flexibility index (Phi) is 4.68. The van der Waals surface area contributed by atoms with Gasteiger partial charge in [0, 0.05) is 6.54 Å². The van der Waals surface area contributed by atoms with Crippen molar-refractivity contribution in [2.24, 2.45) is 5.92 Å². The van der Waals surface area contributed by atoms with Gasteiger partial charge < -0.3 is 4.90 Å². The van der Waals surface area contributed by atoms with Gasteiger partial charge in [0.15, 0.2) is 0 Å². The molecule has 0 aromatic rings. The first-order chi connectivity index (χ1) is 4.20. The zero-order chi connectivity index (χ0) is 7.28. The quantitative estimate of drug-likeness (QED) is 0.562. The van der Waals surface area contributed by atoms with Crippen molar-refractivity contribution in [1.82, 2.24) is 4.90 Å². The molecule has 0 spiro atoms. The molecular formula is C7H16FN. The first kappa shape index (κ1) is 8.89. The van der Waals surface area contributed by atoms with Crippen LogP contribution in [0.5, 0.6) is 0 Å². The van der Waals surface area contributed by atoms with Gasteiger partial charge in [-0.3, -0.25) is 4.39 Å². The highest BCUT2D eigenvalue weighted by atomic mass is 19.1. The third kappa shape index (κ3) is 4.40. The van der Waals surface area contributed by atoms with Crippen LogP contribution in [0.4, 0.5) is 4.39 Å². The summed E-state index contributed by atoms with van der Waals surface area (Å²) in [7, 11) is 3.94. The second kappa shape index (κ2) is 4.74. The molecule has 0 N–H and O–H groups in total. The normalized spacial score (nSPS) is 14.3. The van der Waals surface area contributed by atoms with Gasteiger partial charge in [-0.1, -0.05) is 6.92 Å². The molecule has 0 bridgehead atoms. The topological polar surface area (TPSA) is 3.24 Å². The molecule has 1 atom stereocenters. The minimum Gasteiger partial charge on any atom is -0.309 e. The van der Waals surface area contributed by atoms with E-state index in [9.17, 15) is 4.39 Å². The lowest BCUT2D eigenvalue weighted by Crippen LogP contribution is -2.22. The summed E-state index contributed by atoms with van der Waals surface area (Å²) in [6.07, 6.45) is 0.939. The number of halogens is 1. The lowest BCUT2D eigenvalue weighted by atomic mass is 10.1. The van der Waals surface area contributed by atoms with E-state index in [0.29, 0.717) is 0 Å². The van der Waals surface area contributed by atoms with Crippen molar-refractivity contribution in [2.75, 3.05) is 27.3 Å². The Morgan fingerprint density at radius 1 is 1.44 bits per heavy atom. The number of hydrogen-bond donors (Lipinski definition) is 0. The molecule has 0 saturated carbocycles. The van der Waals surface area contributed by atoms with Crippen molar-refractivity contribution >= 4 is 0 Å². The fraction of sp³-hybridized carbons (Fsp3) is 1.00. The lowest BCUT2D eigenvalue weighted by molar-refractivity contribution is 0.266. The molecule has 0 aliphatic rings. The molecule has 0 heterocycles. The van der Waals surface area contributed by atoms with Crippen LogP contribution < -0.4 is 0 Å². The predicted octanol–water partition coefficient (Wildman–Crippen LogP) is 1.54. The molecule has 0 amide bonds. The Labute approximate surface area is 56.9 Å². The average Bonchev–Trinajstić information content (AvgIpc) is 1.82. The van der Waals surface area contributed by atoms with Crippen LogP contribution in [0.1, 0.15) is 13.3 Å². The Balaban J connectivity index is 3.31. The van der Waals surface area contributed by atoms with Crippen molar-refractivity contribution in [2.45, 2.75) is 13.3 Å². The maximum Gasteiger partial charge on any atom is 0.0934 e. The van der Waals surface area contributed by atoms with Gasteiger partial charge in [-0.15, -0.1) is 0 Å². The fourth-order valence-electron chi connectivity index (χ4n) is 0.803. The molecule has 2 heteroatoms. The molecule has 0 saturated heterocycles. The fourth-order valence-corrected chi connectivity index (χ4v) is 0.803. The van der Waals surface area contributed by atoms with E-state index in [0.717, 1.165) is 13.0 Å². The molecule has 0 fully saturated rings. The molecule has 1 nitrogen and oxygen atoms in total. The van der Waals surface area contributed by atoms with E-state index in [1.165, 1.54) is 0 Å². The maximum atomic E-state index is 12.0. The summed E-state index contributed by atoms with van der Waals surface area (Å²) in [5.74, 6) is 0.236. The first-order valence-electron chi connectivity index (χ1n) is 3.41. The SMILES string of the molecule is CCC(CF)CN(C)C. The number of hydrogen-bond acceptors (Lipinski definition) is 1. The van der Waals surface area contributed by atoms with E-state index >= 15 is 0 Å². The van der Waals surface area contributed by atoms with Gasteiger partial charge in [-0.25, -0.2) is 0 Å². The van der Waals surface area contributed by atoms with Crippen LogP contribution in [0.2, 0.25) is 0 Å². The molecule has 0 aliphatic heterocycles. The summed E-state index contributed by atoms with van der Waals surface area (Å²) in [6, 6.07) is 0. The minimum absolute atomic E-state index is 0.186. The maximum absolute atomic E-state index is 12.0. The second-order valence-corrected chi connectivity index (χ2v) is 2.69. The molecule has 1 unspecified atom stereocenters. The summed E-state index contributed by atoms with van der Waals surface area (Å²) >= 11 is 0. The third-order valence-electron chi connectivity index (χ3n) is 1.42. The van der Waals surface area contributed by atoms with Crippen LogP contribution in [0.25, 0.3) is 0 Å². The Morgan fingerprint density at radius 3 is 2.11 bits per heavy atom. The van der Waals surface area contributed by atoms with E-state index < -0.39 is 0 Å². The minimum atomic E-state index is -0.186. The molecule has 9 heavy (non-hydrogen) atoms. The summed E-state index contributed by atoms with van der Waals surface area (Å²) in [5.41, 5.74) is 0. The Hall–Kier alpha value is -0.110. The molecule has 0 aromatic carbocycles. The van der Waals surface area contributed by atoms with Gasteiger partial charge in [0.2, 0.25) is 0 Å². The highest BCUT2D eigenvalue weighted by Gasteiger charge is 2.05. The summed E-state index contributed by atoms with van der Waals surface area (Å²) < 4.78 is 12.0. The van der Waals surface area contributed by atoms with Crippen molar-refractivity contribution in [3.63, 3.8) is 0 Å². The summed E-state index contributed by atoms with van der Waals surface area (Å²) in [5, 5.41) is 0. The first-order valence-corrected chi connectivity index (χ1v) is 3.41. The van der Waals surface area contributed by atoms with Crippen molar-refractivity contribution in [3.8, 4) is 0 Å². The number of rotatable bonds is 4. The average molecular weight is 133 g/mol. The van der Waals surface area contributed by atoms with Crippen LogP contribution in [0, 0.1) is 5.92 Å². The van der Waals surface area contributed by atoms with Crippen LogP contribution in [0.15, 0.2) is 0 Å². The monoisotopic (exact) mass is 133 g/mol. The highest BCUT2D eigenvalue weighted by Crippen LogP contribution is 2.03. The summed E-state index contributed by atoms with van der Waals surface area (Å²) in [6.45, 7) is 2.70. The van der Waals surface area contributed by atoms with Gasteiger partial charge in [-0.2, -0.15) is 0 Å². The van der Waals surface area contributed by atoms with Gasteiger partial charge in [0.05, 0.1) is 6.67 Å². The molecule has 0 aliphatic carbocycles. The number of nitrogens with zero attached hydrogens (tertiary/aromatic N) is 1. The molecular weight excluding hydrogens is 117 g/mol. The van der Waals surface area contributed by atoms with Gasteiger partial charge in [0.1, 0.15) is 0 Å². The van der Waals surface area contributed by atoms with Crippen LogP contribution >= 0.6 is 0 Å². The van der Waals surface area contributed by atoms with Crippen molar-refractivity contribution in [1.29, 1.82) is 0 Å². The number of alkyl halides is 1. The summed E-state index contributed by atoms with van der Waals surface area (Å²) in [4.78, 5) is 2.02. The standard InChI is InChI=1S/C7H16FN/c1-4-7(5-8)6-9(2)3/h7H,4-6H2,1-3H3. The predicted molar refractivity (Wildman–Crippen MR) is 38.3 cm³/mol. The van der Waals surface area contributed by atoms with Crippen LogP contribution in [-0.2, 0) is 0 Å². The zero-order valence-electron chi connectivity index (χ0n) is 6.52. The van der Waals surface area contributed by atoms with E-state index in [4.69, 9.17) is 0 Å². The van der Waals surface area contributed by atoms with Gasteiger partial charge in [0.25, 0.3) is 0 Å².